The zero-order chi connectivity index (χ0) is 9.14. The molecule has 0 saturated carbocycles. The average Bonchev–Trinajstić information content (AvgIpc) is 1.98. The van der Waals surface area contributed by atoms with E-state index in [1.54, 1.807) is 18.9 Å². The van der Waals surface area contributed by atoms with Crippen LogP contribution in [-0.2, 0) is 9.59 Å². The Bertz CT molecular complexity index is 201. The highest BCUT2D eigenvalue weighted by Crippen LogP contribution is 2.18. The molecule has 1 heterocycles. The molecule has 1 saturated heterocycles. The van der Waals surface area contributed by atoms with Crippen LogP contribution in [0.5, 0.6) is 0 Å². The maximum Gasteiger partial charge on any atom is 0.222 e. The minimum Gasteiger partial charge on any atom is -0.342 e. The monoisotopic (exact) mass is 169 g/mol. The van der Waals surface area contributed by atoms with Crippen LogP contribution in [0, 0.1) is 0 Å². The van der Waals surface area contributed by atoms with Gasteiger partial charge in [0.15, 0.2) is 0 Å². The summed E-state index contributed by atoms with van der Waals surface area (Å²) in [7, 11) is 1.79. The van der Waals surface area contributed by atoms with Crippen LogP contribution in [-0.4, -0.2) is 29.7 Å². The third-order valence-electron chi connectivity index (χ3n) is 2.39. The van der Waals surface area contributed by atoms with Crippen molar-refractivity contribution in [3.8, 4) is 0 Å². The molecule has 0 spiro atoms. The van der Waals surface area contributed by atoms with Gasteiger partial charge in [-0.15, -0.1) is 0 Å². The molecule has 0 N–H and O–H groups in total. The Labute approximate surface area is 72.7 Å². The van der Waals surface area contributed by atoms with E-state index in [1.807, 2.05) is 0 Å². The van der Waals surface area contributed by atoms with Crippen molar-refractivity contribution in [2.45, 2.75) is 38.6 Å². The predicted molar refractivity (Wildman–Crippen MR) is 45.7 cm³/mol. The van der Waals surface area contributed by atoms with Gasteiger partial charge in [0.05, 0.1) is 0 Å². The molecule has 3 nitrogen and oxygen atoms in total. The fourth-order valence-corrected chi connectivity index (χ4v) is 1.63. The number of piperidine rings is 1. The fourth-order valence-electron chi connectivity index (χ4n) is 1.63. The molecule has 0 aromatic rings. The second kappa shape index (κ2) is 3.70. The van der Waals surface area contributed by atoms with Crippen LogP contribution in [0.4, 0.5) is 0 Å². The zero-order valence-corrected chi connectivity index (χ0v) is 7.67. The number of amides is 1. The standard InChI is InChI=1S/C9H15NO2/c1-7(11)6-8-4-3-5-9(12)10(8)2/h8H,3-6H2,1-2H3. The Morgan fingerprint density at radius 3 is 2.92 bits per heavy atom. The molecule has 0 aromatic carbocycles. The number of carbonyl (C=O) groups is 2. The smallest absolute Gasteiger partial charge is 0.222 e. The van der Waals surface area contributed by atoms with Crippen molar-refractivity contribution in [3.05, 3.63) is 0 Å². The summed E-state index contributed by atoms with van der Waals surface area (Å²) in [5, 5.41) is 0. The largest absolute Gasteiger partial charge is 0.342 e. The second-order valence-electron chi connectivity index (χ2n) is 3.46. The third kappa shape index (κ3) is 2.06. The summed E-state index contributed by atoms with van der Waals surface area (Å²) in [4.78, 5) is 23.7. The van der Waals surface area contributed by atoms with E-state index < -0.39 is 0 Å². The van der Waals surface area contributed by atoms with Crippen molar-refractivity contribution in [1.82, 2.24) is 4.90 Å². The van der Waals surface area contributed by atoms with Crippen molar-refractivity contribution >= 4 is 11.7 Å². The quantitative estimate of drug-likeness (QED) is 0.618. The van der Waals surface area contributed by atoms with E-state index in [2.05, 4.69) is 0 Å². The van der Waals surface area contributed by atoms with Gasteiger partial charge in [-0.2, -0.15) is 0 Å². The molecule has 0 radical (unpaired) electrons. The van der Waals surface area contributed by atoms with Gasteiger partial charge >= 0.3 is 0 Å². The average molecular weight is 169 g/mol. The number of Topliss-reactive ketones (excluding diaryl/α,β-unsaturated/α-hetero) is 1. The highest BCUT2D eigenvalue weighted by molar-refractivity contribution is 5.80. The second-order valence-corrected chi connectivity index (χ2v) is 3.46. The van der Waals surface area contributed by atoms with E-state index in [1.165, 1.54) is 0 Å². The molecule has 68 valence electrons. The summed E-state index contributed by atoms with van der Waals surface area (Å²) >= 11 is 0. The Kier molecular flexibility index (Phi) is 2.84. The number of carbonyl (C=O) groups excluding carboxylic acids is 2. The van der Waals surface area contributed by atoms with Gasteiger partial charge in [-0.3, -0.25) is 9.59 Å². The highest BCUT2D eigenvalue weighted by Gasteiger charge is 2.25. The molecule has 1 aliphatic heterocycles. The minimum atomic E-state index is 0.156. The van der Waals surface area contributed by atoms with Crippen molar-refractivity contribution < 1.29 is 9.59 Å². The van der Waals surface area contributed by atoms with Gasteiger partial charge in [0.25, 0.3) is 0 Å². The summed E-state index contributed by atoms with van der Waals surface area (Å²) < 4.78 is 0. The normalized spacial score (nSPS) is 24.3. The maximum absolute atomic E-state index is 11.2. The molecular weight excluding hydrogens is 154 g/mol. The fraction of sp³-hybridized carbons (Fsp3) is 0.778. The SMILES string of the molecule is CC(=O)CC1CCCC(=O)N1C. The predicted octanol–water partition coefficient (Wildman–Crippen LogP) is 0.976. The number of hydrogen-bond acceptors (Lipinski definition) is 2. The number of hydrogen-bond donors (Lipinski definition) is 0. The first-order valence-electron chi connectivity index (χ1n) is 4.36. The van der Waals surface area contributed by atoms with Crippen LogP contribution in [0.1, 0.15) is 32.6 Å². The van der Waals surface area contributed by atoms with Gasteiger partial charge in [0.2, 0.25) is 5.91 Å². The zero-order valence-electron chi connectivity index (χ0n) is 7.67. The number of nitrogens with zero attached hydrogens (tertiary/aromatic N) is 1. The Morgan fingerprint density at radius 2 is 2.33 bits per heavy atom. The number of ketones is 1. The molecule has 12 heavy (non-hydrogen) atoms. The highest BCUT2D eigenvalue weighted by atomic mass is 16.2. The first-order valence-corrected chi connectivity index (χ1v) is 4.36. The van der Waals surface area contributed by atoms with Crippen LogP contribution >= 0.6 is 0 Å². The first kappa shape index (κ1) is 9.23. The molecule has 1 amide bonds. The van der Waals surface area contributed by atoms with Gasteiger partial charge in [0, 0.05) is 25.9 Å². The molecule has 0 bridgehead atoms. The molecule has 0 aromatic heterocycles. The van der Waals surface area contributed by atoms with E-state index in [-0.39, 0.29) is 17.7 Å². The Morgan fingerprint density at radius 1 is 1.67 bits per heavy atom. The lowest BCUT2D eigenvalue weighted by Crippen LogP contribution is -2.41. The Balaban J connectivity index is 2.52. The van der Waals surface area contributed by atoms with Crippen molar-refractivity contribution in [1.29, 1.82) is 0 Å². The van der Waals surface area contributed by atoms with Gasteiger partial charge in [-0.05, 0) is 19.8 Å². The van der Waals surface area contributed by atoms with Crippen molar-refractivity contribution in [3.63, 3.8) is 0 Å². The van der Waals surface area contributed by atoms with Crippen molar-refractivity contribution in [2.24, 2.45) is 0 Å². The minimum absolute atomic E-state index is 0.156. The van der Waals surface area contributed by atoms with E-state index in [0.29, 0.717) is 12.8 Å². The topological polar surface area (TPSA) is 37.4 Å². The molecule has 1 rings (SSSR count). The van der Waals surface area contributed by atoms with Gasteiger partial charge in [-0.1, -0.05) is 0 Å². The molecule has 1 atom stereocenters. The number of rotatable bonds is 2. The Hall–Kier alpha value is -0.860. The van der Waals surface area contributed by atoms with Crippen LogP contribution in [0.2, 0.25) is 0 Å². The van der Waals surface area contributed by atoms with Gasteiger partial charge in [0.1, 0.15) is 5.78 Å². The lowest BCUT2D eigenvalue weighted by atomic mass is 9.98. The number of likely N-dealkylation sites (tertiary alicyclic amines) is 1. The van der Waals surface area contributed by atoms with E-state index in [0.717, 1.165) is 12.8 Å². The first-order chi connectivity index (χ1) is 5.61. The van der Waals surface area contributed by atoms with E-state index in [9.17, 15) is 9.59 Å². The van der Waals surface area contributed by atoms with Crippen LogP contribution < -0.4 is 0 Å². The van der Waals surface area contributed by atoms with Gasteiger partial charge in [-0.25, -0.2) is 0 Å². The molecule has 3 heteroatoms. The van der Waals surface area contributed by atoms with Crippen molar-refractivity contribution in [2.75, 3.05) is 7.05 Å². The molecule has 1 fully saturated rings. The summed E-state index contributed by atoms with van der Waals surface area (Å²) in [6.45, 7) is 1.58. The van der Waals surface area contributed by atoms with E-state index >= 15 is 0 Å². The maximum atomic E-state index is 11.2. The molecule has 1 aliphatic rings. The van der Waals surface area contributed by atoms with E-state index in [4.69, 9.17) is 0 Å². The van der Waals surface area contributed by atoms with Crippen LogP contribution in [0.3, 0.4) is 0 Å². The summed E-state index contributed by atoms with van der Waals surface area (Å²) in [5.74, 6) is 0.342. The summed E-state index contributed by atoms with van der Waals surface area (Å²) in [5.41, 5.74) is 0. The lowest BCUT2D eigenvalue weighted by Gasteiger charge is -2.31. The summed E-state index contributed by atoms with van der Waals surface area (Å²) in [6.07, 6.45) is 3.07. The molecular formula is C9H15NO2. The summed E-state index contributed by atoms with van der Waals surface area (Å²) in [6, 6.07) is 0.156. The third-order valence-corrected chi connectivity index (χ3v) is 2.39. The van der Waals surface area contributed by atoms with Gasteiger partial charge < -0.3 is 4.90 Å². The van der Waals surface area contributed by atoms with Crippen LogP contribution in [0.25, 0.3) is 0 Å². The molecule has 1 unspecified atom stereocenters. The lowest BCUT2D eigenvalue weighted by molar-refractivity contribution is -0.135. The molecule has 0 aliphatic carbocycles. The van der Waals surface area contributed by atoms with Crippen LogP contribution in [0.15, 0.2) is 0 Å².